The monoisotopic (exact) mass is 371 g/mol. The van der Waals surface area contributed by atoms with E-state index in [1.54, 1.807) is 0 Å². The number of nitrogens with one attached hydrogen (secondary N) is 1. The number of aromatic amines is 1. The van der Waals surface area contributed by atoms with Crippen LogP contribution in [0, 0.1) is 11.8 Å². The van der Waals surface area contributed by atoms with Crippen LogP contribution in [0.5, 0.6) is 0 Å². The molecule has 0 spiro atoms. The fourth-order valence-corrected chi connectivity index (χ4v) is 4.77. The smallest absolute Gasteiger partial charge is 0.227 e. The van der Waals surface area contributed by atoms with Crippen LogP contribution in [-0.2, 0) is 17.8 Å². The van der Waals surface area contributed by atoms with Crippen LogP contribution >= 0.6 is 0 Å². The highest BCUT2D eigenvalue weighted by molar-refractivity contribution is 5.80. The minimum absolute atomic E-state index is 0.226. The van der Waals surface area contributed by atoms with Crippen molar-refractivity contribution in [3.63, 3.8) is 0 Å². The van der Waals surface area contributed by atoms with Crippen LogP contribution < -0.4 is 0 Å². The number of aromatic nitrogens is 2. The molecule has 0 saturated carbocycles. The van der Waals surface area contributed by atoms with Crippen molar-refractivity contribution < 1.29 is 4.79 Å². The SMILES string of the molecule is O=C1CCC2CC(Cc3ccccc3)CC=C2N1Cc1nc2ccccc2[nH]1. The number of carbonyl (C=O) groups excluding carboxylic acids is 1. The van der Waals surface area contributed by atoms with Crippen LogP contribution in [-0.4, -0.2) is 20.8 Å². The lowest BCUT2D eigenvalue weighted by Gasteiger charge is -2.39. The van der Waals surface area contributed by atoms with Crippen molar-refractivity contribution in [2.24, 2.45) is 11.8 Å². The number of hydrogen-bond acceptors (Lipinski definition) is 2. The number of rotatable bonds is 4. The van der Waals surface area contributed by atoms with Gasteiger partial charge in [-0.3, -0.25) is 4.79 Å². The van der Waals surface area contributed by atoms with Crippen molar-refractivity contribution in [3.8, 4) is 0 Å². The van der Waals surface area contributed by atoms with Crippen LogP contribution in [0.2, 0.25) is 0 Å². The molecule has 1 aromatic heterocycles. The van der Waals surface area contributed by atoms with Gasteiger partial charge in [-0.15, -0.1) is 0 Å². The van der Waals surface area contributed by atoms with E-state index in [0.717, 1.165) is 36.1 Å². The number of allylic oxidation sites excluding steroid dienone is 2. The van der Waals surface area contributed by atoms with Gasteiger partial charge in [0.05, 0.1) is 17.6 Å². The molecule has 0 bridgehead atoms. The molecule has 28 heavy (non-hydrogen) atoms. The Morgan fingerprint density at radius 1 is 1.07 bits per heavy atom. The lowest BCUT2D eigenvalue weighted by molar-refractivity contribution is -0.132. The molecule has 3 aromatic rings. The van der Waals surface area contributed by atoms with E-state index in [4.69, 9.17) is 0 Å². The Bertz CT molecular complexity index is 988. The second kappa shape index (κ2) is 7.27. The van der Waals surface area contributed by atoms with E-state index in [1.165, 1.54) is 17.7 Å². The first-order chi connectivity index (χ1) is 13.8. The first-order valence-electron chi connectivity index (χ1n) is 10.2. The Balaban J connectivity index is 1.34. The maximum absolute atomic E-state index is 12.7. The number of piperidine rings is 1. The van der Waals surface area contributed by atoms with Crippen molar-refractivity contribution >= 4 is 16.9 Å². The number of hydrogen-bond donors (Lipinski definition) is 1. The highest BCUT2D eigenvalue weighted by Gasteiger charge is 2.35. The number of imidazole rings is 1. The molecule has 2 atom stereocenters. The summed E-state index contributed by atoms with van der Waals surface area (Å²) >= 11 is 0. The molecule has 5 rings (SSSR count). The maximum Gasteiger partial charge on any atom is 0.227 e. The van der Waals surface area contributed by atoms with E-state index in [2.05, 4.69) is 46.4 Å². The first kappa shape index (κ1) is 17.2. The van der Waals surface area contributed by atoms with Gasteiger partial charge >= 0.3 is 0 Å². The van der Waals surface area contributed by atoms with Crippen LogP contribution in [0.3, 0.4) is 0 Å². The number of benzene rings is 2. The van der Waals surface area contributed by atoms with Crippen LogP contribution in [0.4, 0.5) is 0 Å². The molecule has 4 heteroatoms. The molecular weight excluding hydrogens is 346 g/mol. The standard InChI is InChI=1S/C24H25N3O/c28-24-13-11-19-15-18(14-17-6-2-1-3-7-17)10-12-22(19)27(24)16-23-25-20-8-4-5-9-21(20)26-23/h1-9,12,18-19H,10-11,13-16H2,(H,25,26). The summed E-state index contributed by atoms with van der Waals surface area (Å²) in [6.07, 6.45) is 7.28. The Morgan fingerprint density at radius 3 is 2.75 bits per heavy atom. The van der Waals surface area contributed by atoms with Crippen molar-refractivity contribution in [3.05, 3.63) is 77.8 Å². The average molecular weight is 371 g/mol. The fraction of sp³-hybridized carbons (Fsp3) is 0.333. The molecule has 1 amide bonds. The third-order valence-electron chi connectivity index (χ3n) is 6.13. The molecule has 1 aliphatic heterocycles. The third-order valence-corrected chi connectivity index (χ3v) is 6.13. The van der Waals surface area contributed by atoms with Crippen LogP contribution in [0.15, 0.2) is 66.4 Å². The zero-order chi connectivity index (χ0) is 18.9. The Kier molecular flexibility index (Phi) is 4.47. The molecule has 1 fully saturated rings. The molecule has 1 N–H and O–H groups in total. The summed E-state index contributed by atoms with van der Waals surface area (Å²) in [5.41, 5.74) is 4.62. The summed E-state index contributed by atoms with van der Waals surface area (Å²) in [4.78, 5) is 22.7. The largest absolute Gasteiger partial charge is 0.340 e. The number of likely N-dealkylation sites (tertiary alicyclic amines) is 1. The highest BCUT2D eigenvalue weighted by atomic mass is 16.2. The fourth-order valence-electron chi connectivity index (χ4n) is 4.77. The number of para-hydroxylation sites is 2. The minimum Gasteiger partial charge on any atom is -0.340 e. The molecule has 2 aliphatic rings. The Morgan fingerprint density at radius 2 is 1.89 bits per heavy atom. The van der Waals surface area contributed by atoms with Gasteiger partial charge in [0.15, 0.2) is 0 Å². The van der Waals surface area contributed by atoms with Crippen LogP contribution in [0.25, 0.3) is 11.0 Å². The molecule has 2 aromatic carbocycles. The van der Waals surface area contributed by atoms with E-state index >= 15 is 0 Å². The van der Waals surface area contributed by atoms with Crippen molar-refractivity contribution in [1.29, 1.82) is 0 Å². The molecule has 4 nitrogen and oxygen atoms in total. The lowest BCUT2D eigenvalue weighted by Crippen LogP contribution is -2.40. The third kappa shape index (κ3) is 3.35. The first-order valence-corrected chi connectivity index (χ1v) is 10.2. The van der Waals surface area contributed by atoms with E-state index < -0.39 is 0 Å². The van der Waals surface area contributed by atoms with Gasteiger partial charge in [-0.1, -0.05) is 48.5 Å². The van der Waals surface area contributed by atoms with Gasteiger partial charge in [0.1, 0.15) is 5.82 Å². The van der Waals surface area contributed by atoms with E-state index in [0.29, 0.717) is 24.8 Å². The van der Waals surface area contributed by atoms with Gasteiger partial charge in [0.25, 0.3) is 0 Å². The summed E-state index contributed by atoms with van der Waals surface area (Å²) in [7, 11) is 0. The van der Waals surface area contributed by atoms with Gasteiger partial charge in [0.2, 0.25) is 5.91 Å². The molecule has 2 heterocycles. The quantitative estimate of drug-likeness (QED) is 0.713. The topological polar surface area (TPSA) is 49.0 Å². The summed E-state index contributed by atoms with van der Waals surface area (Å²) in [6.45, 7) is 0.541. The average Bonchev–Trinajstić information content (AvgIpc) is 3.13. The van der Waals surface area contributed by atoms with Gasteiger partial charge in [-0.2, -0.15) is 0 Å². The summed E-state index contributed by atoms with van der Waals surface area (Å²) in [5.74, 6) is 2.24. The second-order valence-electron chi connectivity index (χ2n) is 8.07. The number of nitrogens with zero attached hydrogens (tertiary/aromatic N) is 2. The summed E-state index contributed by atoms with van der Waals surface area (Å²) < 4.78 is 0. The number of fused-ring (bicyclic) bond motifs is 2. The molecule has 0 radical (unpaired) electrons. The molecule has 2 unspecified atom stereocenters. The van der Waals surface area contributed by atoms with Crippen molar-refractivity contribution in [2.45, 2.75) is 38.6 Å². The van der Waals surface area contributed by atoms with Gasteiger partial charge in [-0.25, -0.2) is 4.98 Å². The molecule has 1 saturated heterocycles. The van der Waals surface area contributed by atoms with E-state index in [9.17, 15) is 4.79 Å². The normalized spacial score (nSPS) is 22.2. The van der Waals surface area contributed by atoms with E-state index in [1.807, 2.05) is 29.2 Å². The highest BCUT2D eigenvalue weighted by Crippen LogP contribution is 2.39. The van der Waals surface area contributed by atoms with Crippen molar-refractivity contribution in [2.75, 3.05) is 0 Å². The number of carbonyl (C=O) groups is 1. The summed E-state index contributed by atoms with van der Waals surface area (Å²) in [6, 6.07) is 18.8. The molecule has 142 valence electrons. The second-order valence-corrected chi connectivity index (χ2v) is 8.07. The lowest BCUT2D eigenvalue weighted by atomic mass is 9.77. The zero-order valence-electron chi connectivity index (χ0n) is 16.0. The maximum atomic E-state index is 12.7. The minimum atomic E-state index is 0.226. The number of amides is 1. The molecule has 1 aliphatic carbocycles. The van der Waals surface area contributed by atoms with Crippen molar-refractivity contribution in [1.82, 2.24) is 14.9 Å². The van der Waals surface area contributed by atoms with Gasteiger partial charge < -0.3 is 9.88 Å². The zero-order valence-corrected chi connectivity index (χ0v) is 16.0. The predicted octanol–water partition coefficient (Wildman–Crippen LogP) is 4.84. The summed E-state index contributed by atoms with van der Waals surface area (Å²) in [5, 5.41) is 0. The number of H-pyrrole nitrogens is 1. The van der Waals surface area contributed by atoms with E-state index in [-0.39, 0.29) is 5.91 Å². The predicted molar refractivity (Wildman–Crippen MR) is 110 cm³/mol. The van der Waals surface area contributed by atoms with Gasteiger partial charge in [-0.05, 0) is 55.2 Å². The Hall–Kier alpha value is -2.88. The van der Waals surface area contributed by atoms with Gasteiger partial charge in [0, 0.05) is 12.1 Å². The van der Waals surface area contributed by atoms with Crippen LogP contribution in [0.1, 0.15) is 37.1 Å². The molecular formula is C24H25N3O. The Labute approximate surface area is 165 Å².